The number of halogens is 2. The molecule has 1 atom stereocenters. The van der Waals surface area contributed by atoms with Crippen LogP contribution < -0.4 is 23.8 Å². The molecule has 1 amide bonds. The summed E-state index contributed by atoms with van der Waals surface area (Å²) in [5.74, 6) is -0.0812. The van der Waals surface area contributed by atoms with E-state index in [2.05, 4.69) is 9.97 Å². The number of hydrogen-bond donors (Lipinski definition) is 0. The maximum atomic E-state index is 15.0. The van der Waals surface area contributed by atoms with Gasteiger partial charge in [-0.1, -0.05) is 23.7 Å². The van der Waals surface area contributed by atoms with Crippen LogP contribution in [-0.2, 0) is 0 Å². The highest BCUT2D eigenvalue weighted by Gasteiger charge is 2.45. The number of benzene rings is 2. The molecule has 2 aromatic carbocycles. The SMILES string of the molecule is COc1ncc(-c2nc3c(n2C(C)C)[C@@H](c2ccc(Cl)cc2)N(c2cc(F)c4c(c2)OCO4)C3=O)c(OC)n1. The van der Waals surface area contributed by atoms with Crippen LogP contribution in [-0.4, -0.2) is 46.4 Å². The zero-order valence-corrected chi connectivity index (χ0v) is 22.2. The second kappa shape index (κ2) is 9.42. The second-order valence-electron chi connectivity index (χ2n) is 9.20. The smallest absolute Gasteiger partial charge is 0.319 e. The lowest BCUT2D eigenvalue weighted by Crippen LogP contribution is -2.30. The van der Waals surface area contributed by atoms with Crippen LogP contribution in [0.15, 0.2) is 42.6 Å². The quantitative estimate of drug-likeness (QED) is 0.322. The molecule has 2 aromatic heterocycles. The molecule has 0 fully saturated rings. The number of imidazole rings is 1. The lowest BCUT2D eigenvalue weighted by molar-refractivity contribution is 0.0989. The third kappa shape index (κ3) is 3.92. The largest absolute Gasteiger partial charge is 0.480 e. The van der Waals surface area contributed by atoms with Gasteiger partial charge in [-0.3, -0.25) is 9.69 Å². The van der Waals surface area contributed by atoms with Crippen LogP contribution in [0, 0.1) is 5.82 Å². The number of carbonyl (C=O) groups is 1. The van der Waals surface area contributed by atoms with Gasteiger partial charge < -0.3 is 23.5 Å². The van der Waals surface area contributed by atoms with Crippen LogP contribution in [0.25, 0.3) is 11.4 Å². The molecule has 4 heterocycles. The molecule has 200 valence electrons. The number of hydrogen-bond acceptors (Lipinski definition) is 8. The molecule has 0 saturated carbocycles. The van der Waals surface area contributed by atoms with E-state index >= 15 is 0 Å². The summed E-state index contributed by atoms with van der Waals surface area (Å²) in [7, 11) is 2.94. The Morgan fingerprint density at radius 2 is 1.87 bits per heavy atom. The number of amides is 1. The predicted molar refractivity (Wildman–Crippen MR) is 139 cm³/mol. The number of anilines is 1. The molecule has 0 aliphatic carbocycles. The van der Waals surface area contributed by atoms with Gasteiger partial charge >= 0.3 is 6.01 Å². The van der Waals surface area contributed by atoms with E-state index < -0.39 is 17.8 Å². The van der Waals surface area contributed by atoms with E-state index in [1.807, 2.05) is 30.5 Å². The molecule has 39 heavy (non-hydrogen) atoms. The standard InChI is InChI=1S/C27H23ClFN5O5/c1-13(2)33-22-20(31-24(33)17-11-30-27(37-4)32-25(17)36-3)26(35)34(21(22)14-5-7-15(28)8-6-14)16-9-18(29)23-19(10-16)38-12-39-23/h5-11,13,21H,12H2,1-4H3/t21-/m1/s1. The summed E-state index contributed by atoms with van der Waals surface area (Å²) in [5.41, 5.74) is 2.40. The first kappa shape index (κ1) is 24.9. The molecule has 0 spiro atoms. The zero-order valence-electron chi connectivity index (χ0n) is 21.4. The Morgan fingerprint density at radius 3 is 2.56 bits per heavy atom. The monoisotopic (exact) mass is 551 g/mol. The van der Waals surface area contributed by atoms with Crippen molar-refractivity contribution < 1.29 is 28.1 Å². The fourth-order valence-electron chi connectivity index (χ4n) is 5.00. The highest BCUT2D eigenvalue weighted by molar-refractivity contribution is 6.30. The molecule has 2 aliphatic heterocycles. The van der Waals surface area contributed by atoms with Gasteiger partial charge in [-0.2, -0.15) is 4.98 Å². The van der Waals surface area contributed by atoms with Crippen LogP contribution in [0.5, 0.6) is 23.4 Å². The summed E-state index contributed by atoms with van der Waals surface area (Å²) in [6, 6.07) is 9.36. The average molecular weight is 552 g/mol. The van der Waals surface area contributed by atoms with Crippen molar-refractivity contribution in [2.75, 3.05) is 25.9 Å². The molecule has 0 radical (unpaired) electrons. The van der Waals surface area contributed by atoms with E-state index in [0.717, 1.165) is 5.56 Å². The second-order valence-corrected chi connectivity index (χ2v) is 9.64. The molecule has 0 bridgehead atoms. The van der Waals surface area contributed by atoms with Gasteiger partial charge in [0.15, 0.2) is 17.3 Å². The van der Waals surface area contributed by atoms with Gasteiger partial charge in [-0.15, -0.1) is 0 Å². The third-order valence-electron chi connectivity index (χ3n) is 6.63. The molecule has 0 unspecified atom stereocenters. The van der Waals surface area contributed by atoms with Crippen LogP contribution in [0.1, 0.15) is 47.7 Å². The molecular formula is C27H23ClFN5O5. The number of methoxy groups -OCH3 is 2. The first-order chi connectivity index (χ1) is 18.8. The van der Waals surface area contributed by atoms with E-state index in [9.17, 15) is 9.18 Å². The maximum Gasteiger partial charge on any atom is 0.319 e. The Balaban J connectivity index is 1.59. The minimum absolute atomic E-state index is 0.0182. The van der Waals surface area contributed by atoms with Crippen molar-refractivity contribution in [3.63, 3.8) is 0 Å². The molecule has 6 rings (SSSR count). The van der Waals surface area contributed by atoms with Crippen molar-refractivity contribution in [1.82, 2.24) is 19.5 Å². The van der Waals surface area contributed by atoms with Gasteiger partial charge in [0.25, 0.3) is 5.91 Å². The summed E-state index contributed by atoms with van der Waals surface area (Å²) in [4.78, 5) is 28.9. The molecule has 0 N–H and O–H groups in total. The molecule has 2 aliphatic rings. The number of rotatable bonds is 6. The van der Waals surface area contributed by atoms with E-state index in [1.165, 1.54) is 25.2 Å². The summed E-state index contributed by atoms with van der Waals surface area (Å²) in [6.07, 6.45) is 1.55. The Labute approximate surface area is 227 Å². The topological polar surface area (TPSA) is 101 Å². The van der Waals surface area contributed by atoms with Crippen molar-refractivity contribution in [3.8, 4) is 34.8 Å². The summed E-state index contributed by atoms with van der Waals surface area (Å²) in [5, 5.41) is 0.544. The minimum atomic E-state index is -0.654. The fraction of sp³-hybridized carbons (Fsp3) is 0.259. The van der Waals surface area contributed by atoms with Crippen molar-refractivity contribution >= 4 is 23.2 Å². The lowest BCUT2D eigenvalue weighted by atomic mass is 10.0. The zero-order chi connectivity index (χ0) is 27.4. The highest BCUT2D eigenvalue weighted by atomic mass is 35.5. The first-order valence-electron chi connectivity index (χ1n) is 12.1. The molecular weight excluding hydrogens is 529 g/mol. The number of carbonyl (C=O) groups excluding carboxylic acids is 1. The number of fused-ring (bicyclic) bond motifs is 2. The third-order valence-corrected chi connectivity index (χ3v) is 6.88. The lowest BCUT2D eigenvalue weighted by Gasteiger charge is -2.28. The van der Waals surface area contributed by atoms with Gasteiger partial charge in [0.2, 0.25) is 18.4 Å². The Bertz CT molecular complexity index is 1610. The first-order valence-corrected chi connectivity index (χ1v) is 12.5. The molecule has 10 nitrogen and oxygen atoms in total. The van der Waals surface area contributed by atoms with E-state index in [4.69, 9.17) is 35.5 Å². The summed E-state index contributed by atoms with van der Waals surface area (Å²) < 4.78 is 38.3. The average Bonchev–Trinajstić information content (AvgIpc) is 3.63. The van der Waals surface area contributed by atoms with E-state index in [-0.39, 0.29) is 41.9 Å². The predicted octanol–water partition coefficient (Wildman–Crippen LogP) is 5.21. The highest BCUT2D eigenvalue weighted by Crippen LogP contribution is 2.48. The van der Waals surface area contributed by atoms with Crippen molar-refractivity contribution in [2.45, 2.75) is 25.9 Å². The van der Waals surface area contributed by atoms with Gasteiger partial charge in [-0.25, -0.2) is 14.4 Å². The Kier molecular flexibility index (Phi) is 6.02. The van der Waals surface area contributed by atoms with Crippen molar-refractivity contribution in [3.05, 3.63) is 70.4 Å². The van der Waals surface area contributed by atoms with Gasteiger partial charge in [0.05, 0.1) is 31.2 Å². The Morgan fingerprint density at radius 1 is 1.10 bits per heavy atom. The number of ether oxygens (including phenoxy) is 4. The van der Waals surface area contributed by atoms with Crippen LogP contribution in [0.3, 0.4) is 0 Å². The van der Waals surface area contributed by atoms with Crippen molar-refractivity contribution in [2.24, 2.45) is 0 Å². The van der Waals surface area contributed by atoms with Gasteiger partial charge in [-0.05, 0) is 31.5 Å². The molecule has 4 aromatic rings. The number of aromatic nitrogens is 4. The van der Waals surface area contributed by atoms with Crippen LogP contribution in [0.4, 0.5) is 10.1 Å². The summed E-state index contributed by atoms with van der Waals surface area (Å²) >= 11 is 6.19. The van der Waals surface area contributed by atoms with Gasteiger partial charge in [0.1, 0.15) is 11.9 Å². The normalized spacial score (nSPS) is 15.7. The fourth-order valence-corrected chi connectivity index (χ4v) is 5.13. The van der Waals surface area contributed by atoms with E-state index in [1.54, 1.807) is 24.4 Å². The summed E-state index contributed by atoms with van der Waals surface area (Å²) in [6.45, 7) is 3.86. The Hall–Kier alpha value is -4.38. The maximum absolute atomic E-state index is 15.0. The van der Waals surface area contributed by atoms with Crippen LogP contribution >= 0.6 is 11.6 Å². The molecule has 12 heteroatoms. The minimum Gasteiger partial charge on any atom is -0.480 e. The van der Waals surface area contributed by atoms with Crippen LogP contribution in [0.2, 0.25) is 5.02 Å². The number of nitrogens with zero attached hydrogens (tertiary/aromatic N) is 5. The van der Waals surface area contributed by atoms with E-state index in [0.29, 0.717) is 27.8 Å². The van der Waals surface area contributed by atoms with Crippen molar-refractivity contribution in [1.29, 1.82) is 0 Å². The molecule has 0 saturated heterocycles. The van der Waals surface area contributed by atoms with Gasteiger partial charge in [0, 0.05) is 29.4 Å².